The van der Waals surface area contributed by atoms with Crippen LogP contribution in [0.2, 0.25) is 0 Å². The van der Waals surface area contributed by atoms with Gasteiger partial charge in [0.15, 0.2) is 0 Å². The van der Waals surface area contributed by atoms with Crippen molar-refractivity contribution in [2.24, 2.45) is 0 Å². The zero-order valence-corrected chi connectivity index (χ0v) is 14.9. The van der Waals surface area contributed by atoms with E-state index in [-0.39, 0.29) is 12.1 Å². The summed E-state index contributed by atoms with van der Waals surface area (Å²) in [5.41, 5.74) is 8.69. The third kappa shape index (κ3) is 4.86. The Morgan fingerprint density at radius 1 is 1.35 bits per heavy atom. The maximum atomic E-state index is 12.2. The highest BCUT2D eigenvalue weighted by Gasteiger charge is 2.30. The van der Waals surface area contributed by atoms with E-state index in [1.165, 1.54) is 5.56 Å². The van der Waals surface area contributed by atoms with Gasteiger partial charge in [-0.05, 0) is 51.8 Å². The molecule has 1 amide bonds. The van der Waals surface area contributed by atoms with Crippen molar-refractivity contribution in [2.45, 2.75) is 52.8 Å². The number of aryl methyl sites for hydroxylation is 1. The predicted molar refractivity (Wildman–Crippen MR) is 93.3 cm³/mol. The number of carbonyl (C=O) groups is 1. The highest BCUT2D eigenvalue weighted by atomic mass is 16.6. The minimum Gasteiger partial charge on any atom is -0.444 e. The van der Waals surface area contributed by atoms with E-state index in [4.69, 9.17) is 10.5 Å². The molecule has 0 radical (unpaired) electrons. The highest BCUT2D eigenvalue weighted by Crippen LogP contribution is 2.19. The number of hydrogen-bond acceptors (Lipinski definition) is 4. The molecule has 5 nitrogen and oxygen atoms in total. The van der Waals surface area contributed by atoms with Crippen molar-refractivity contribution in [2.75, 3.05) is 25.4 Å². The van der Waals surface area contributed by atoms with Gasteiger partial charge < -0.3 is 15.4 Å². The first kappa shape index (κ1) is 17.6. The van der Waals surface area contributed by atoms with Crippen LogP contribution >= 0.6 is 0 Å². The van der Waals surface area contributed by atoms with Crippen molar-refractivity contribution < 1.29 is 9.53 Å². The molecule has 128 valence electrons. The molecule has 1 aromatic carbocycles. The maximum Gasteiger partial charge on any atom is 0.410 e. The Balaban J connectivity index is 1.93. The number of nitrogens with zero attached hydrogens (tertiary/aromatic N) is 2. The number of benzene rings is 1. The number of rotatable bonds is 2. The highest BCUT2D eigenvalue weighted by molar-refractivity contribution is 5.68. The SMILES string of the molecule is Cc1ccc(CN2CCN(C(=O)OC(C)(C)C)[C@H](C)C2)cc1N. The van der Waals surface area contributed by atoms with Gasteiger partial charge in [0.05, 0.1) is 0 Å². The van der Waals surface area contributed by atoms with Crippen molar-refractivity contribution in [3.63, 3.8) is 0 Å². The molecule has 1 atom stereocenters. The van der Waals surface area contributed by atoms with Crippen LogP contribution in [0.25, 0.3) is 0 Å². The monoisotopic (exact) mass is 319 g/mol. The van der Waals surface area contributed by atoms with Crippen LogP contribution in [-0.2, 0) is 11.3 Å². The summed E-state index contributed by atoms with van der Waals surface area (Å²) >= 11 is 0. The largest absolute Gasteiger partial charge is 0.444 e. The Labute approximate surface area is 139 Å². The second kappa shape index (κ2) is 6.79. The van der Waals surface area contributed by atoms with Gasteiger partial charge in [-0.3, -0.25) is 4.90 Å². The van der Waals surface area contributed by atoms with Crippen molar-refractivity contribution in [3.05, 3.63) is 29.3 Å². The summed E-state index contributed by atoms with van der Waals surface area (Å²) in [4.78, 5) is 16.4. The van der Waals surface area contributed by atoms with Crippen molar-refractivity contribution in [1.29, 1.82) is 0 Å². The molecule has 0 aliphatic carbocycles. The first-order chi connectivity index (χ1) is 10.7. The molecule has 1 heterocycles. The number of nitrogen functional groups attached to an aromatic ring is 1. The normalized spacial score (nSPS) is 19.7. The zero-order valence-electron chi connectivity index (χ0n) is 14.9. The average molecular weight is 319 g/mol. The molecule has 23 heavy (non-hydrogen) atoms. The molecule has 1 aliphatic rings. The second-order valence-electron chi connectivity index (χ2n) is 7.45. The lowest BCUT2D eigenvalue weighted by Gasteiger charge is -2.40. The number of carbonyl (C=O) groups excluding carboxylic acids is 1. The number of hydrogen-bond donors (Lipinski definition) is 1. The van der Waals surface area contributed by atoms with Crippen LogP contribution < -0.4 is 5.73 Å². The number of nitrogens with two attached hydrogens (primary N) is 1. The third-order valence-electron chi connectivity index (χ3n) is 4.09. The lowest BCUT2D eigenvalue weighted by atomic mass is 10.1. The molecule has 5 heteroatoms. The lowest BCUT2D eigenvalue weighted by Crippen LogP contribution is -2.54. The van der Waals surface area contributed by atoms with E-state index in [0.717, 1.165) is 30.9 Å². The van der Waals surface area contributed by atoms with Crippen molar-refractivity contribution in [3.8, 4) is 0 Å². The molecule has 0 spiro atoms. The third-order valence-corrected chi connectivity index (χ3v) is 4.09. The molecule has 1 fully saturated rings. The van der Waals surface area contributed by atoms with Gasteiger partial charge in [0, 0.05) is 37.9 Å². The van der Waals surface area contributed by atoms with Crippen molar-refractivity contribution >= 4 is 11.8 Å². The Hall–Kier alpha value is -1.75. The Kier molecular flexibility index (Phi) is 5.19. The summed E-state index contributed by atoms with van der Waals surface area (Å²) in [6.07, 6.45) is -0.218. The van der Waals surface area contributed by atoms with Gasteiger partial charge in [-0.25, -0.2) is 4.79 Å². The first-order valence-electron chi connectivity index (χ1n) is 8.22. The second-order valence-corrected chi connectivity index (χ2v) is 7.45. The molecule has 0 bridgehead atoms. The van der Waals surface area contributed by atoms with Gasteiger partial charge in [-0.15, -0.1) is 0 Å². The molecule has 0 saturated carbocycles. The van der Waals surface area contributed by atoms with E-state index in [1.54, 1.807) is 0 Å². The molecule has 0 unspecified atom stereocenters. The van der Waals surface area contributed by atoms with Gasteiger partial charge in [0.2, 0.25) is 0 Å². The molecule has 2 rings (SSSR count). The van der Waals surface area contributed by atoms with Crippen LogP contribution in [0.3, 0.4) is 0 Å². The molecular weight excluding hydrogens is 290 g/mol. The van der Waals surface area contributed by atoms with E-state index in [9.17, 15) is 4.79 Å². The molecule has 1 saturated heterocycles. The van der Waals surface area contributed by atoms with E-state index < -0.39 is 5.60 Å². The van der Waals surface area contributed by atoms with Crippen LogP contribution in [-0.4, -0.2) is 47.2 Å². The summed E-state index contributed by atoms with van der Waals surface area (Å²) < 4.78 is 5.48. The van der Waals surface area contributed by atoms with Gasteiger partial charge in [-0.2, -0.15) is 0 Å². The number of piperazine rings is 1. The molecule has 2 N–H and O–H groups in total. The van der Waals surface area contributed by atoms with E-state index in [0.29, 0.717) is 6.54 Å². The average Bonchev–Trinajstić information content (AvgIpc) is 2.41. The number of amides is 1. The fraction of sp³-hybridized carbons (Fsp3) is 0.611. The lowest BCUT2D eigenvalue weighted by molar-refractivity contribution is 0.000565. The fourth-order valence-electron chi connectivity index (χ4n) is 2.81. The van der Waals surface area contributed by atoms with E-state index in [1.807, 2.05) is 38.7 Å². The van der Waals surface area contributed by atoms with E-state index in [2.05, 4.69) is 24.0 Å². The van der Waals surface area contributed by atoms with Crippen LogP contribution in [0.5, 0.6) is 0 Å². The Morgan fingerprint density at radius 3 is 2.61 bits per heavy atom. The summed E-state index contributed by atoms with van der Waals surface area (Å²) in [6.45, 7) is 13.0. The van der Waals surface area contributed by atoms with Crippen LogP contribution in [0, 0.1) is 6.92 Å². The summed E-state index contributed by atoms with van der Waals surface area (Å²) in [7, 11) is 0. The minimum atomic E-state index is -0.451. The molecular formula is C18H29N3O2. The summed E-state index contributed by atoms with van der Waals surface area (Å²) in [5.74, 6) is 0. The molecule has 1 aliphatic heterocycles. The first-order valence-corrected chi connectivity index (χ1v) is 8.22. The Bertz CT molecular complexity index is 566. The quantitative estimate of drug-likeness (QED) is 0.851. The smallest absolute Gasteiger partial charge is 0.410 e. The number of ether oxygens (including phenoxy) is 1. The van der Waals surface area contributed by atoms with Gasteiger partial charge in [0.1, 0.15) is 5.60 Å². The minimum absolute atomic E-state index is 0.140. The maximum absolute atomic E-state index is 12.2. The standard InChI is InChI=1S/C18H29N3O2/c1-13-6-7-15(10-16(13)19)12-20-8-9-21(14(2)11-20)17(22)23-18(3,4)5/h6-7,10,14H,8-9,11-12,19H2,1-5H3/t14-/m1/s1. The predicted octanol–water partition coefficient (Wildman–Crippen LogP) is 3.02. The fourth-order valence-corrected chi connectivity index (χ4v) is 2.81. The van der Waals surface area contributed by atoms with Crippen LogP contribution in [0.1, 0.15) is 38.8 Å². The van der Waals surface area contributed by atoms with Crippen LogP contribution in [0.4, 0.5) is 10.5 Å². The summed E-state index contributed by atoms with van der Waals surface area (Å²) in [5, 5.41) is 0. The zero-order chi connectivity index (χ0) is 17.2. The van der Waals surface area contributed by atoms with E-state index >= 15 is 0 Å². The van der Waals surface area contributed by atoms with Crippen LogP contribution in [0.15, 0.2) is 18.2 Å². The van der Waals surface area contributed by atoms with Crippen molar-refractivity contribution in [1.82, 2.24) is 9.80 Å². The topological polar surface area (TPSA) is 58.8 Å². The molecule has 0 aromatic heterocycles. The number of anilines is 1. The Morgan fingerprint density at radius 2 is 2.04 bits per heavy atom. The van der Waals surface area contributed by atoms with Gasteiger partial charge >= 0.3 is 6.09 Å². The molecule has 1 aromatic rings. The summed E-state index contributed by atoms with van der Waals surface area (Å²) in [6, 6.07) is 6.36. The van der Waals surface area contributed by atoms with Gasteiger partial charge in [0.25, 0.3) is 0 Å². The van der Waals surface area contributed by atoms with Gasteiger partial charge in [-0.1, -0.05) is 12.1 Å².